The lowest BCUT2D eigenvalue weighted by Crippen LogP contribution is -2.46. The van der Waals surface area contributed by atoms with Gasteiger partial charge in [-0.05, 0) is 195 Å². The van der Waals surface area contributed by atoms with Crippen LogP contribution in [0.2, 0.25) is 0 Å². The summed E-state index contributed by atoms with van der Waals surface area (Å²) in [7, 11) is 2.29. The van der Waals surface area contributed by atoms with Gasteiger partial charge in [0.05, 0.1) is 0 Å². The Morgan fingerprint density at radius 2 is 1.30 bits per heavy atom. The van der Waals surface area contributed by atoms with Crippen molar-refractivity contribution in [3.05, 3.63) is 134 Å². The summed E-state index contributed by atoms with van der Waals surface area (Å²) < 4.78 is 0. The molecule has 2 heteroatoms. The van der Waals surface area contributed by atoms with Gasteiger partial charge >= 0.3 is 0 Å². The first-order valence-electron chi connectivity index (χ1n) is 26.1. The zero-order valence-corrected chi connectivity index (χ0v) is 41.9. The molecule has 8 rings (SSSR count). The fourth-order valence-corrected chi connectivity index (χ4v) is 13.4. The first kappa shape index (κ1) is 47.6. The molecule has 0 amide bonds. The molecule has 0 spiro atoms. The van der Waals surface area contributed by atoms with E-state index in [2.05, 4.69) is 147 Å². The van der Waals surface area contributed by atoms with Crippen LogP contribution >= 0.6 is 0 Å². The summed E-state index contributed by atoms with van der Waals surface area (Å²) in [6.45, 7) is 22.6. The molecule has 7 atom stereocenters. The Morgan fingerprint density at radius 1 is 0.667 bits per heavy atom. The molecule has 0 heterocycles. The molecule has 342 valence electrons. The molecular weight excluding hydrogens is 761 g/mol. The normalized spacial score (nSPS) is 27.3. The Kier molecular flexibility index (Phi) is 15.4. The van der Waals surface area contributed by atoms with Crippen molar-refractivity contribution in [1.82, 2.24) is 0 Å². The highest BCUT2D eigenvalue weighted by Crippen LogP contribution is 2.69. The first-order chi connectivity index (χ1) is 30.2. The average molecular weight is 849 g/mol. The van der Waals surface area contributed by atoms with Crippen molar-refractivity contribution in [1.29, 1.82) is 0 Å². The molecule has 0 bridgehead atoms. The minimum Gasteiger partial charge on any atom is -0.374 e. The Labute approximate surface area is 386 Å². The number of unbranched alkanes of at least 4 members (excludes halogenated alkanes) is 3. The number of nitrogens with zero attached hydrogens (tertiary/aromatic N) is 1. The molecule has 0 radical (unpaired) electrons. The Hall–Kier alpha value is -3.36. The number of anilines is 1. The van der Waals surface area contributed by atoms with Gasteiger partial charge in [0.25, 0.3) is 0 Å². The molecule has 2 N–H and O–H groups in total. The van der Waals surface area contributed by atoms with Crippen molar-refractivity contribution >= 4 is 5.69 Å². The van der Waals surface area contributed by atoms with Crippen molar-refractivity contribution in [3.63, 3.8) is 0 Å². The fraction of sp³-hybridized carbons (Fsp3) is 0.607. The molecule has 0 aliphatic heterocycles. The van der Waals surface area contributed by atoms with Crippen LogP contribution in [0.1, 0.15) is 217 Å². The van der Waals surface area contributed by atoms with Crippen LogP contribution in [0, 0.1) is 38.0 Å². The predicted molar refractivity (Wildman–Crippen MR) is 274 cm³/mol. The highest BCUT2D eigenvalue weighted by molar-refractivity contribution is 5.61. The van der Waals surface area contributed by atoms with E-state index in [0.717, 1.165) is 37.6 Å². The number of aryl methyl sites for hydroxylation is 4. The van der Waals surface area contributed by atoms with E-state index in [9.17, 15) is 0 Å². The molecule has 2 saturated carbocycles. The van der Waals surface area contributed by atoms with Crippen LogP contribution in [0.3, 0.4) is 0 Å². The summed E-state index contributed by atoms with van der Waals surface area (Å²) in [6, 6.07) is 28.6. The van der Waals surface area contributed by atoms with Crippen LogP contribution in [0.5, 0.6) is 0 Å². The largest absolute Gasteiger partial charge is 0.374 e. The van der Waals surface area contributed by atoms with Crippen LogP contribution in [0.25, 0.3) is 0 Å². The summed E-state index contributed by atoms with van der Waals surface area (Å²) in [5, 5.41) is 0. The van der Waals surface area contributed by atoms with Crippen LogP contribution in [-0.2, 0) is 30.2 Å². The smallest absolute Gasteiger partial charge is 0.0439 e. The molecule has 0 saturated heterocycles. The number of rotatable bonds is 15. The summed E-state index contributed by atoms with van der Waals surface area (Å²) >= 11 is 0. The van der Waals surface area contributed by atoms with E-state index >= 15 is 0 Å². The van der Waals surface area contributed by atoms with Gasteiger partial charge < -0.3 is 10.6 Å². The van der Waals surface area contributed by atoms with Gasteiger partial charge in [0.1, 0.15) is 0 Å². The van der Waals surface area contributed by atoms with Gasteiger partial charge in [-0.25, -0.2) is 0 Å². The number of benzene rings is 4. The summed E-state index contributed by atoms with van der Waals surface area (Å²) in [5.41, 5.74) is 26.0. The van der Waals surface area contributed by atoms with Gasteiger partial charge in [-0.15, -0.1) is 0 Å². The van der Waals surface area contributed by atoms with E-state index in [-0.39, 0.29) is 11.0 Å². The van der Waals surface area contributed by atoms with E-state index in [1.54, 1.807) is 16.7 Å². The van der Waals surface area contributed by atoms with Crippen molar-refractivity contribution in [2.45, 2.75) is 207 Å². The van der Waals surface area contributed by atoms with Gasteiger partial charge in [0.2, 0.25) is 0 Å². The maximum atomic E-state index is 7.47. The number of hydrogen-bond acceptors (Lipinski definition) is 2. The Morgan fingerprint density at radius 3 is 1.94 bits per heavy atom. The van der Waals surface area contributed by atoms with Crippen molar-refractivity contribution in [2.24, 2.45) is 23.0 Å². The van der Waals surface area contributed by atoms with E-state index in [4.69, 9.17) is 5.73 Å². The van der Waals surface area contributed by atoms with E-state index in [1.807, 2.05) is 0 Å². The second-order valence-corrected chi connectivity index (χ2v) is 22.3. The van der Waals surface area contributed by atoms with E-state index in [0.29, 0.717) is 17.3 Å². The van der Waals surface area contributed by atoms with Gasteiger partial charge in [-0.2, -0.15) is 0 Å². The monoisotopic (exact) mass is 849 g/mol. The molecule has 63 heavy (non-hydrogen) atoms. The molecule has 2 nitrogen and oxygen atoms in total. The topological polar surface area (TPSA) is 29.3 Å². The Balaban J connectivity index is 0.000000430. The maximum absolute atomic E-state index is 7.47. The molecular formula is C61H88N2. The third kappa shape index (κ3) is 10.1. The molecule has 0 aromatic heterocycles. The second-order valence-electron chi connectivity index (χ2n) is 22.3. The van der Waals surface area contributed by atoms with Gasteiger partial charge in [-0.3, -0.25) is 0 Å². The van der Waals surface area contributed by atoms with Gasteiger partial charge in [0.15, 0.2) is 0 Å². The minimum absolute atomic E-state index is 0.238. The summed E-state index contributed by atoms with van der Waals surface area (Å²) in [6.07, 6.45) is 24.4. The Bertz CT molecular complexity index is 2110. The first-order valence-corrected chi connectivity index (χ1v) is 26.1. The third-order valence-corrected chi connectivity index (χ3v) is 17.7. The van der Waals surface area contributed by atoms with Crippen molar-refractivity contribution < 1.29 is 0 Å². The molecule has 7 unspecified atom stereocenters. The van der Waals surface area contributed by atoms with Crippen LogP contribution in [-0.4, -0.2) is 13.6 Å². The maximum Gasteiger partial charge on any atom is 0.0439 e. The molecule has 4 aromatic rings. The third-order valence-electron chi connectivity index (χ3n) is 17.7. The van der Waals surface area contributed by atoms with Crippen LogP contribution in [0.4, 0.5) is 5.69 Å². The van der Waals surface area contributed by atoms with Gasteiger partial charge in [0, 0.05) is 24.8 Å². The van der Waals surface area contributed by atoms with Crippen molar-refractivity contribution in [2.75, 3.05) is 18.5 Å². The summed E-state index contributed by atoms with van der Waals surface area (Å²) in [5.74, 6) is 2.72. The van der Waals surface area contributed by atoms with E-state index < -0.39 is 0 Å². The lowest BCUT2D eigenvalue weighted by molar-refractivity contribution is 0.0409. The van der Waals surface area contributed by atoms with E-state index in [1.165, 1.54) is 153 Å². The van der Waals surface area contributed by atoms with Crippen molar-refractivity contribution in [3.8, 4) is 0 Å². The molecule has 4 aliphatic carbocycles. The number of fused-ring (bicyclic) bond motifs is 3. The average Bonchev–Trinajstić information content (AvgIpc) is 3.46. The zero-order valence-electron chi connectivity index (χ0n) is 41.9. The quantitative estimate of drug-likeness (QED) is 0.121. The van der Waals surface area contributed by atoms with Gasteiger partial charge in [-0.1, -0.05) is 158 Å². The highest BCUT2D eigenvalue weighted by Gasteiger charge is 2.60. The predicted octanol–water partition coefficient (Wildman–Crippen LogP) is 16.3. The number of nitrogens with two attached hydrogens (primary N) is 1. The highest BCUT2D eigenvalue weighted by atomic mass is 15.1. The molecule has 2 fully saturated rings. The minimum atomic E-state index is -0.238. The standard InChI is InChI=1S/C49H70N2.C12H18/c1-9-26-51(8)45-31-40(29-43(36(45)5)49(50)24-13-12-14-35(49)4)27-39-28-41-34(3)19-22-42-46(41)44(30-39)48(7)32-38(23-25-47(42,48)6)16-11-10-15-37-20-17-33(2)18-21-37;1-3-4-5-6-12-9-7-11(2)8-10-12/h17-18,20-21,28-31,34-35,38,42H,9-16,19,22-27,32,50H2,1-8H3;7-10H,3-6H2,1-2H3. The second kappa shape index (κ2) is 20.4. The van der Waals surface area contributed by atoms with Crippen LogP contribution < -0.4 is 10.6 Å². The molecule has 4 aliphatic rings. The lowest BCUT2D eigenvalue weighted by atomic mass is 9.52. The zero-order chi connectivity index (χ0) is 44.9. The lowest BCUT2D eigenvalue weighted by Gasteiger charge is -2.52. The van der Waals surface area contributed by atoms with Crippen LogP contribution in [0.15, 0.2) is 72.8 Å². The fourth-order valence-electron chi connectivity index (χ4n) is 13.4. The number of hydrogen-bond donors (Lipinski definition) is 1. The summed E-state index contributed by atoms with van der Waals surface area (Å²) in [4.78, 5) is 2.49. The SMILES string of the molecule is CCCCCc1ccc(C)cc1.CCCN(C)c1cc(Cc2cc3c4c(c2)C2(C)CC(CCCCc5ccc(C)cc5)CCC2(C)C4CCC3C)cc(C2(N)CCCCC2C)c1C. The molecule has 4 aromatic carbocycles.